The summed E-state index contributed by atoms with van der Waals surface area (Å²) in [5, 5.41) is 5.62. The van der Waals surface area contributed by atoms with E-state index in [1.165, 1.54) is 11.1 Å². The van der Waals surface area contributed by atoms with Crippen LogP contribution in [0, 0.1) is 0 Å². The van der Waals surface area contributed by atoms with E-state index in [-0.39, 0.29) is 18.9 Å². The number of benzene rings is 1. The van der Waals surface area contributed by atoms with Crippen molar-refractivity contribution >= 4 is 12.0 Å². The molecule has 0 bridgehead atoms. The maximum atomic E-state index is 12.1. The molecule has 0 spiro atoms. The van der Waals surface area contributed by atoms with E-state index < -0.39 is 11.7 Å². The zero-order valence-corrected chi connectivity index (χ0v) is 17.0. The van der Waals surface area contributed by atoms with Crippen LogP contribution in [-0.4, -0.2) is 48.2 Å². The summed E-state index contributed by atoms with van der Waals surface area (Å²) in [6, 6.07) is 8.89. The fourth-order valence-corrected chi connectivity index (χ4v) is 3.27. The minimum Gasteiger partial charge on any atom is -0.444 e. The fraction of sp³-hybridized carbons (Fsp3) is 0.619. The molecule has 0 aliphatic carbocycles. The molecule has 1 aromatic carbocycles. The Morgan fingerprint density at radius 1 is 1.19 bits per heavy atom. The molecule has 0 saturated carbocycles. The molecular formula is C21H33N3O3. The molecular weight excluding hydrogens is 342 g/mol. The molecule has 2 N–H and O–H groups in total. The summed E-state index contributed by atoms with van der Waals surface area (Å²) in [6.07, 6.45) is 1.80. The number of hydrogen-bond donors (Lipinski definition) is 2. The quantitative estimate of drug-likeness (QED) is 0.769. The Labute approximate surface area is 162 Å². The van der Waals surface area contributed by atoms with E-state index in [2.05, 4.69) is 46.7 Å². The maximum absolute atomic E-state index is 12.1. The SMILES string of the molecule is CCC(CNC(=O)CCNC(=O)OC(C)(C)C)N1CCc2ccccc2C1. The van der Waals surface area contributed by atoms with Crippen molar-refractivity contribution in [3.63, 3.8) is 0 Å². The molecule has 2 amide bonds. The van der Waals surface area contributed by atoms with Gasteiger partial charge in [0.15, 0.2) is 0 Å². The zero-order chi connectivity index (χ0) is 19.9. The second kappa shape index (κ2) is 9.74. The molecule has 0 radical (unpaired) electrons. The van der Waals surface area contributed by atoms with Gasteiger partial charge in [-0.25, -0.2) is 4.79 Å². The smallest absolute Gasteiger partial charge is 0.407 e. The van der Waals surface area contributed by atoms with Crippen molar-refractivity contribution < 1.29 is 14.3 Å². The molecule has 6 nitrogen and oxygen atoms in total. The molecule has 1 atom stereocenters. The molecule has 1 heterocycles. The summed E-state index contributed by atoms with van der Waals surface area (Å²) >= 11 is 0. The van der Waals surface area contributed by atoms with Crippen LogP contribution in [0.5, 0.6) is 0 Å². The van der Waals surface area contributed by atoms with E-state index >= 15 is 0 Å². The van der Waals surface area contributed by atoms with Gasteiger partial charge in [-0.2, -0.15) is 0 Å². The van der Waals surface area contributed by atoms with Crippen LogP contribution in [0.3, 0.4) is 0 Å². The Morgan fingerprint density at radius 2 is 1.89 bits per heavy atom. The van der Waals surface area contributed by atoms with Gasteiger partial charge in [0.25, 0.3) is 0 Å². The Bertz CT molecular complexity index is 640. The average Bonchev–Trinajstić information content (AvgIpc) is 2.60. The van der Waals surface area contributed by atoms with Gasteiger partial charge in [-0.1, -0.05) is 31.2 Å². The largest absolute Gasteiger partial charge is 0.444 e. The summed E-state index contributed by atoms with van der Waals surface area (Å²) in [4.78, 5) is 26.1. The maximum Gasteiger partial charge on any atom is 0.407 e. The number of carbonyl (C=O) groups excluding carboxylic acids is 2. The molecule has 6 heteroatoms. The van der Waals surface area contributed by atoms with Gasteiger partial charge < -0.3 is 15.4 Å². The van der Waals surface area contributed by atoms with Gasteiger partial charge in [-0.05, 0) is 44.7 Å². The molecule has 1 unspecified atom stereocenters. The van der Waals surface area contributed by atoms with E-state index in [0.29, 0.717) is 12.6 Å². The molecule has 2 rings (SSSR count). The summed E-state index contributed by atoms with van der Waals surface area (Å²) in [6.45, 7) is 10.4. The molecule has 150 valence electrons. The van der Waals surface area contributed by atoms with Crippen molar-refractivity contribution in [1.82, 2.24) is 15.5 Å². The van der Waals surface area contributed by atoms with Gasteiger partial charge in [0.1, 0.15) is 5.60 Å². The lowest BCUT2D eigenvalue weighted by Gasteiger charge is -2.35. The van der Waals surface area contributed by atoms with E-state index in [1.54, 1.807) is 0 Å². The van der Waals surface area contributed by atoms with Crippen molar-refractivity contribution in [2.45, 2.75) is 65.1 Å². The van der Waals surface area contributed by atoms with Crippen LogP contribution in [0.4, 0.5) is 4.79 Å². The molecule has 1 aliphatic rings. The number of nitrogens with zero attached hydrogens (tertiary/aromatic N) is 1. The van der Waals surface area contributed by atoms with Crippen molar-refractivity contribution in [3.8, 4) is 0 Å². The van der Waals surface area contributed by atoms with Crippen molar-refractivity contribution in [3.05, 3.63) is 35.4 Å². The minimum atomic E-state index is -0.534. The van der Waals surface area contributed by atoms with Gasteiger partial charge >= 0.3 is 6.09 Å². The number of ether oxygens (including phenoxy) is 1. The average molecular weight is 376 g/mol. The van der Waals surface area contributed by atoms with Crippen LogP contribution in [-0.2, 0) is 22.5 Å². The molecule has 1 aromatic rings. The number of fused-ring (bicyclic) bond motifs is 1. The Balaban J connectivity index is 1.71. The number of rotatable bonds is 7. The van der Waals surface area contributed by atoms with Crippen molar-refractivity contribution in [1.29, 1.82) is 0 Å². The van der Waals surface area contributed by atoms with Crippen LogP contribution >= 0.6 is 0 Å². The van der Waals surface area contributed by atoms with Gasteiger partial charge in [0.2, 0.25) is 5.91 Å². The highest BCUT2D eigenvalue weighted by Gasteiger charge is 2.22. The van der Waals surface area contributed by atoms with Crippen LogP contribution in [0.2, 0.25) is 0 Å². The third-order valence-electron chi connectivity index (χ3n) is 4.70. The molecule has 0 aromatic heterocycles. The zero-order valence-electron chi connectivity index (χ0n) is 17.0. The first-order chi connectivity index (χ1) is 12.8. The van der Waals surface area contributed by atoms with Crippen LogP contribution in [0.1, 0.15) is 51.7 Å². The van der Waals surface area contributed by atoms with Gasteiger partial charge in [0.05, 0.1) is 0 Å². The lowest BCUT2D eigenvalue weighted by atomic mass is 9.98. The molecule has 0 fully saturated rings. The first kappa shape index (κ1) is 21.2. The van der Waals surface area contributed by atoms with Crippen LogP contribution in [0.15, 0.2) is 24.3 Å². The third kappa shape index (κ3) is 7.21. The van der Waals surface area contributed by atoms with Crippen LogP contribution in [0.25, 0.3) is 0 Å². The standard InChI is InChI=1S/C21H33N3O3/c1-5-18(24-13-11-16-8-6-7-9-17(16)15-24)14-23-19(25)10-12-22-20(26)27-21(2,3)4/h6-9,18H,5,10-15H2,1-4H3,(H,22,26)(H,23,25). The lowest BCUT2D eigenvalue weighted by Crippen LogP contribution is -2.46. The number of amides is 2. The van der Waals surface area contributed by atoms with E-state index in [4.69, 9.17) is 4.74 Å². The second-order valence-corrected chi connectivity index (χ2v) is 8.03. The predicted octanol–water partition coefficient (Wildman–Crippen LogP) is 2.85. The summed E-state index contributed by atoms with van der Waals surface area (Å²) in [5.41, 5.74) is 2.28. The summed E-state index contributed by atoms with van der Waals surface area (Å²) in [5.74, 6) is -0.0538. The fourth-order valence-electron chi connectivity index (χ4n) is 3.27. The highest BCUT2D eigenvalue weighted by atomic mass is 16.6. The van der Waals surface area contributed by atoms with E-state index in [9.17, 15) is 9.59 Å². The van der Waals surface area contributed by atoms with Gasteiger partial charge in [0, 0.05) is 38.6 Å². The highest BCUT2D eigenvalue weighted by molar-refractivity contribution is 5.77. The minimum absolute atomic E-state index is 0.0538. The highest BCUT2D eigenvalue weighted by Crippen LogP contribution is 2.21. The first-order valence-corrected chi connectivity index (χ1v) is 9.83. The number of hydrogen-bond acceptors (Lipinski definition) is 4. The number of carbonyl (C=O) groups is 2. The van der Waals surface area contributed by atoms with Crippen LogP contribution < -0.4 is 10.6 Å². The predicted molar refractivity (Wildman–Crippen MR) is 106 cm³/mol. The molecule has 0 saturated heterocycles. The lowest BCUT2D eigenvalue weighted by molar-refractivity contribution is -0.121. The number of nitrogens with one attached hydrogen (secondary N) is 2. The second-order valence-electron chi connectivity index (χ2n) is 8.03. The van der Waals surface area contributed by atoms with Gasteiger partial charge in [-0.3, -0.25) is 9.69 Å². The van der Waals surface area contributed by atoms with E-state index in [1.807, 2.05) is 20.8 Å². The summed E-state index contributed by atoms with van der Waals surface area (Å²) in [7, 11) is 0. The Morgan fingerprint density at radius 3 is 2.56 bits per heavy atom. The first-order valence-electron chi connectivity index (χ1n) is 9.83. The van der Waals surface area contributed by atoms with Crippen molar-refractivity contribution in [2.24, 2.45) is 0 Å². The topological polar surface area (TPSA) is 70.7 Å². The van der Waals surface area contributed by atoms with Gasteiger partial charge in [-0.15, -0.1) is 0 Å². The normalized spacial score (nSPS) is 15.6. The Kier molecular flexibility index (Phi) is 7.66. The molecule has 27 heavy (non-hydrogen) atoms. The summed E-state index contributed by atoms with van der Waals surface area (Å²) < 4.78 is 5.15. The third-order valence-corrected chi connectivity index (χ3v) is 4.70. The monoisotopic (exact) mass is 375 g/mol. The van der Waals surface area contributed by atoms with E-state index in [0.717, 1.165) is 25.9 Å². The Hall–Kier alpha value is -2.08. The number of alkyl carbamates (subject to hydrolysis) is 1. The van der Waals surface area contributed by atoms with Crippen molar-refractivity contribution in [2.75, 3.05) is 19.6 Å². The molecule has 1 aliphatic heterocycles.